The van der Waals surface area contributed by atoms with Gasteiger partial charge in [-0.05, 0) is 54.9 Å². The number of benzene rings is 1. The maximum Gasteiger partial charge on any atom is 0.119 e. The van der Waals surface area contributed by atoms with Gasteiger partial charge in [0.15, 0.2) is 0 Å². The summed E-state index contributed by atoms with van der Waals surface area (Å²) in [6, 6.07) is 6.60. The van der Waals surface area contributed by atoms with Crippen molar-refractivity contribution in [1.29, 1.82) is 0 Å². The third kappa shape index (κ3) is 3.22. The van der Waals surface area contributed by atoms with Gasteiger partial charge in [-0.1, -0.05) is 19.9 Å². The minimum atomic E-state index is 0.201. The van der Waals surface area contributed by atoms with Crippen LogP contribution in [-0.2, 0) is 6.42 Å². The second kappa shape index (κ2) is 5.54. The molecule has 2 heteroatoms. The number of ether oxygens (including phenoxy) is 1. The number of aryl methyl sites for hydroxylation is 1. The molecule has 0 saturated heterocycles. The molecule has 2 rings (SSSR count). The molecule has 0 heterocycles. The molecule has 0 aromatic heterocycles. The minimum absolute atomic E-state index is 0.201. The summed E-state index contributed by atoms with van der Waals surface area (Å²) in [4.78, 5) is 0. The maximum absolute atomic E-state index is 6.14. The summed E-state index contributed by atoms with van der Waals surface area (Å²) in [6.07, 6.45) is 4.57. The first-order valence-corrected chi connectivity index (χ1v) is 6.68. The van der Waals surface area contributed by atoms with E-state index in [1.54, 1.807) is 0 Å². The zero-order chi connectivity index (χ0) is 12.3. The molecule has 0 radical (unpaired) electrons. The molecule has 17 heavy (non-hydrogen) atoms. The van der Waals surface area contributed by atoms with Crippen molar-refractivity contribution in [2.24, 2.45) is 11.7 Å². The van der Waals surface area contributed by atoms with E-state index in [2.05, 4.69) is 32.0 Å². The number of rotatable bonds is 4. The largest absolute Gasteiger partial charge is 0.494 e. The molecule has 2 N–H and O–H groups in total. The molecule has 1 aromatic carbocycles. The Morgan fingerprint density at radius 2 is 2.24 bits per heavy atom. The molecule has 1 aliphatic rings. The standard InChI is InChI=1S/C15H23NO/c1-11(2)8-9-17-13-7-6-12-4-3-5-15(16)14(12)10-13/h6-7,10-11,15H,3-5,8-9,16H2,1-2H3/t15-/m0/s1. The predicted octanol–water partition coefficient (Wildman–Crippen LogP) is 3.45. The zero-order valence-electron chi connectivity index (χ0n) is 10.9. The Morgan fingerprint density at radius 1 is 1.41 bits per heavy atom. The van der Waals surface area contributed by atoms with Gasteiger partial charge in [0, 0.05) is 6.04 Å². The average Bonchev–Trinajstić information content (AvgIpc) is 2.30. The zero-order valence-corrected chi connectivity index (χ0v) is 10.9. The van der Waals surface area contributed by atoms with Gasteiger partial charge in [0.05, 0.1) is 6.61 Å². The second-order valence-corrected chi connectivity index (χ2v) is 5.39. The fourth-order valence-electron chi connectivity index (χ4n) is 2.32. The van der Waals surface area contributed by atoms with Crippen LogP contribution in [0.5, 0.6) is 5.75 Å². The fraction of sp³-hybridized carbons (Fsp3) is 0.600. The van der Waals surface area contributed by atoms with Crippen LogP contribution in [0.4, 0.5) is 0 Å². The summed E-state index contributed by atoms with van der Waals surface area (Å²) in [5.41, 5.74) is 8.83. The van der Waals surface area contributed by atoms with Gasteiger partial charge in [-0.25, -0.2) is 0 Å². The second-order valence-electron chi connectivity index (χ2n) is 5.39. The Kier molecular flexibility index (Phi) is 4.06. The highest BCUT2D eigenvalue weighted by molar-refractivity contribution is 5.39. The number of nitrogens with two attached hydrogens (primary N) is 1. The summed E-state index contributed by atoms with van der Waals surface area (Å²) in [6.45, 7) is 5.23. The monoisotopic (exact) mass is 233 g/mol. The molecule has 1 atom stereocenters. The summed E-state index contributed by atoms with van der Waals surface area (Å²) >= 11 is 0. The third-order valence-corrected chi connectivity index (χ3v) is 3.44. The van der Waals surface area contributed by atoms with Crippen molar-refractivity contribution in [2.45, 2.75) is 45.6 Å². The van der Waals surface area contributed by atoms with Gasteiger partial charge in [-0.2, -0.15) is 0 Å². The molecule has 0 amide bonds. The third-order valence-electron chi connectivity index (χ3n) is 3.44. The first-order chi connectivity index (χ1) is 8.16. The molecule has 1 aliphatic carbocycles. The molecule has 94 valence electrons. The molecule has 0 spiro atoms. The highest BCUT2D eigenvalue weighted by Crippen LogP contribution is 2.30. The van der Waals surface area contributed by atoms with Crippen molar-refractivity contribution in [1.82, 2.24) is 0 Å². The van der Waals surface area contributed by atoms with Crippen LogP contribution in [0.2, 0.25) is 0 Å². The normalized spacial score (nSPS) is 19.2. The molecule has 0 saturated carbocycles. The Balaban J connectivity index is 2.02. The van der Waals surface area contributed by atoms with Crippen molar-refractivity contribution >= 4 is 0 Å². The molecular formula is C15H23NO. The van der Waals surface area contributed by atoms with Crippen LogP contribution >= 0.6 is 0 Å². The minimum Gasteiger partial charge on any atom is -0.494 e. The van der Waals surface area contributed by atoms with Crippen molar-refractivity contribution < 1.29 is 4.74 Å². The first kappa shape index (κ1) is 12.4. The van der Waals surface area contributed by atoms with Crippen LogP contribution in [0, 0.1) is 5.92 Å². The predicted molar refractivity (Wildman–Crippen MR) is 71.3 cm³/mol. The van der Waals surface area contributed by atoms with E-state index in [1.807, 2.05) is 0 Å². The highest BCUT2D eigenvalue weighted by atomic mass is 16.5. The van der Waals surface area contributed by atoms with E-state index < -0.39 is 0 Å². The molecule has 1 aromatic rings. The lowest BCUT2D eigenvalue weighted by atomic mass is 9.88. The molecular weight excluding hydrogens is 210 g/mol. The van der Waals surface area contributed by atoms with Crippen molar-refractivity contribution in [2.75, 3.05) is 6.61 Å². The number of hydrogen-bond donors (Lipinski definition) is 1. The lowest BCUT2D eigenvalue weighted by Crippen LogP contribution is -2.17. The number of fused-ring (bicyclic) bond motifs is 1. The van der Waals surface area contributed by atoms with E-state index in [1.165, 1.54) is 17.5 Å². The Morgan fingerprint density at radius 3 is 3.00 bits per heavy atom. The summed E-state index contributed by atoms with van der Waals surface area (Å²) < 4.78 is 5.78. The van der Waals surface area contributed by atoms with Crippen LogP contribution in [0.15, 0.2) is 18.2 Å². The van der Waals surface area contributed by atoms with Gasteiger partial charge < -0.3 is 10.5 Å². The van der Waals surface area contributed by atoms with Gasteiger partial charge in [0.1, 0.15) is 5.75 Å². The lowest BCUT2D eigenvalue weighted by Gasteiger charge is -2.22. The van der Waals surface area contributed by atoms with E-state index in [-0.39, 0.29) is 6.04 Å². The van der Waals surface area contributed by atoms with Crippen molar-refractivity contribution in [3.05, 3.63) is 29.3 Å². The first-order valence-electron chi connectivity index (χ1n) is 6.68. The Labute approximate surface area is 104 Å². The van der Waals surface area contributed by atoms with Crippen LogP contribution < -0.4 is 10.5 Å². The summed E-state index contributed by atoms with van der Waals surface area (Å²) in [5.74, 6) is 1.66. The van der Waals surface area contributed by atoms with Crippen molar-refractivity contribution in [3.63, 3.8) is 0 Å². The Hall–Kier alpha value is -1.02. The molecule has 0 aliphatic heterocycles. The van der Waals surface area contributed by atoms with E-state index in [4.69, 9.17) is 10.5 Å². The smallest absolute Gasteiger partial charge is 0.119 e. The number of hydrogen-bond acceptors (Lipinski definition) is 2. The fourth-order valence-corrected chi connectivity index (χ4v) is 2.32. The maximum atomic E-state index is 6.14. The average molecular weight is 233 g/mol. The van der Waals surface area contributed by atoms with Gasteiger partial charge >= 0.3 is 0 Å². The van der Waals surface area contributed by atoms with E-state index in [0.717, 1.165) is 31.6 Å². The Bertz CT molecular complexity index is 373. The highest BCUT2D eigenvalue weighted by Gasteiger charge is 2.17. The van der Waals surface area contributed by atoms with E-state index >= 15 is 0 Å². The van der Waals surface area contributed by atoms with Crippen LogP contribution in [0.1, 0.15) is 50.3 Å². The SMILES string of the molecule is CC(C)CCOc1ccc2c(c1)[C@@H](N)CCC2. The van der Waals surface area contributed by atoms with Crippen LogP contribution in [-0.4, -0.2) is 6.61 Å². The van der Waals surface area contributed by atoms with Crippen LogP contribution in [0.25, 0.3) is 0 Å². The van der Waals surface area contributed by atoms with E-state index in [0.29, 0.717) is 5.92 Å². The molecule has 0 fully saturated rings. The van der Waals surface area contributed by atoms with Gasteiger partial charge in [0.25, 0.3) is 0 Å². The lowest BCUT2D eigenvalue weighted by molar-refractivity contribution is 0.289. The molecule has 0 unspecified atom stereocenters. The van der Waals surface area contributed by atoms with Crippen molar-refractivity contribution in [3.8, 4) is 5.75 Å². The van der Waals surface area contributed by atoms with E-state index in [9.17, 15) is 0 Å². The van der Waals surface area contributed by atoms with Gasteiger partial charge in [-0.3, -0.25) is 0 Å². The van der Waals surface area contributed by atoms with Gasteiger partial charge in [-0.15, -0.1) is 0 Å². The van der Waals surface area contributed by atoms with Crippen LogP contribution in [0.3, 0.4) is 0 Å². The summed E-state index contributed by atoms with van der Waals surface area (Å²) in [5, 5.41) is 0. The molecule has 2 nitrogen and oxygen atoms in total. The summed E-state index contributed by atoms with van der Waals surface area (Å²) in [7, 11) is 0. The quantitative estimate of drug-likeness (QED) is 0.864. The van der Waals surface area contributed by atoms with Gasteiger partial charge in [0.2, 0.25) is 0 Å². The molecule has 0 bridgehead atoms. The topological polar surface area (TPSA) is 35.2 Å².